The highest BCUT2D eigenvalue weighted by Crippen LogP contribution is 2.22. The minimum atomic E-state index is -0.220. The molecule has 0 atom stereocenters. The van der Waals surface area contributed by atoms with Crippen LogP contribution in [-0.4, -0.2) is 13.0 Å². The molecule has 0 aliphatic rings. The highest BCUT2D eigenvalue weighted by Gasteiger charge is 2.12. The Morgan fingerprint density at radius 2 is 2.00 bits per heavy atom. The summed E-state index contributed by atoms with van der Waals surface area (Å²) in [5.41, 5.74) is 2.15. The zero-order chi connectivity index (χ0) is 13.8. The molecule has 2 aromatic carbocycles. The minimum Gasteiger partial charge on any atom is -0.496 e. The molecule has 2 aromatic rings. The first-order chi connectivity index (χ1) is 9.10. The predicted octanol–water partition coefficient (Wildman–Crippen LogP) is 3.91. The number of aryl methyl sites for hydroxylation is 1. The normalized spacial score (nSPS) is 10.1. The first-order valence-corrected chi connectivity index (χ1v) is 6.19. The van der Waals surface area contributed by atoms with E-state index in [4.69, 9.17) is 16.3 Å². The molecule has 19 heavy (non-hydrogen) atoms. The molecule has 0 fully saturated rings. The van der Waals surface area contributed by atoms with Gasteiger partial charge in [-0.3, -0.25) is 4.79 Å². The van der Waals surface area contributed by atoms with E-state index in [2.05, 4.69) is 5.32 Å². The number of nitrogens with one attached hydrogen (secondary N) is 1. The molecule has 1 amide bonds. The van der Waals surface area contributed by atoms with Gasteiger partial charge in [-0.15, -0.1) is 0 Å². The van der Waals surface area contributed by atoms with Crippen molar-refractivity contribution >= 4 is 23.2 Å². The van der Waals surface area contributed by atoms with Gasteiger partial charge in [0.25, 0.3) is 5.91 Å². The van der Waals surface area contributed by atoms with Crippen molar-refractivity contribution in [1.82, 2.24) is 0 Å². The highest BCUT2D eigenvalue weighted by molar-refractivity contribution is 6.31. The largest absolute Gasteiger partial charge is 0.496 e. The zero-order valence-electron chi connectivity index (χ0n) is 10.7. The van der Waals surface area contributed by atoms with Crippen molar-refractivity contribution in [3.05, 3.63) is 58.6 Å². The van der Waals surface area contributed by atoms with Gasteiger partial charge >= 0.3 is 0 Å². The van der Waals surface area contributed by atoms with Crippen molar-refractivity contribution in [3.8, 4) is 5.75 Å². The van der Waals surface area contributed by atoms with Gasteiger partial charge in [0.2, 0.25) is 0 Å². The molecule has 0 bridgehead atoms. The van der Waals surface area contributed by atoms with Crippen molar-refractivity contribution < 1.29 is 9.53 Å². The first kappa shape index (κ1) is 13.4. The monoisotopic (exact) mass is 275 g/mol. The number of carbonyl (C=O) groups excluding carboxylic acids is 1. The molecule has 0 saturated heterocycles. The SMILES string of the molecule is COc1ccc(C)cc1C(=O)Nc1cccc(Cl)c1. The average Bonchev–Trinajstić information content (AvgIpc) is 2.38. The van der Waals surface area contributed by atoms with Crippen LogP contribution in [0.25, 0.3) is 0 Å². The molecule has 0 aliphatic carbocycles. The average molecular weight is 276 g/mol. The van der Waals surface area contributed by atoms with Gasteiger partial charge in [0.15, 0.2) is 0 Å². The summed E-state index contributed by atoms with van der Waals surface area (Å²) in [5.74, 6) is 0.327. The number of amides is 1. The molecular formula is C15H14ClNO2. The number of methoxy groups -OCH3 is 1. The number of benzene rings is 2. The maximum atomic E-state index is 12.2. The first-order valence-electron chi connectivity index (χ1n) is 5.81. The highest BCUT2D eigenvalue weighted by atomic mass is 35.5. The number of rotatable bonds is 3. The van der Waals surface area contributed by atoms with E-state index >= 15 is 0 Å². The lowest BCUT2D eigenvalue weighted by atomic mass is 10.1. The number of anilines is 1. The van der Waals surface area contributed by atoms with Crippen LogP contribution in [0.15, 0.2) is 42.5 Å². The molecule has 98 valence electrons. The third-order valence-corrected chi connectivity index (χ3v) is 2.92. The van der Waals surface area contributed by atoms with Crippen LogP contribution in [0.4, 0.5) is 5.69 Å². The third kappa shape index (κ3) is 3.26. The van der Waals surface area contributed by atoms with E-state index in [1.165, 1.54) is 0 Å². The van der Waals surface area contributed by atoms with E-state index in [0.717, 1.165) is 5.56 Å². The summed E-state index contributed by atoms with van der Waals surface area (Å²) in [5, 5.41) is 3.38. The molecule has 0 saturated carbocycles. The quantitative estimate of drug-likeness (QED) is 0.922. The molecule has 0 spiro atoms. The molecular weight excluding hydrogens is 262 g/mol. The number of hydrogen-bond donors (Lipinski definition) is 1. The Kier molecular flexibility index (Phi) is 4.07. The Morgan fingerprint density at radius 1 is 1.21 bits per heavy atom. The van der Waals surface area contributed by atoms with E-state index in [9.17, 15) is 4.79 Å². The van der Waals surface area contributed by atoms with Crippen molar-refractivity contribution in [2.45, 2.75) is 6.92 Å². The molecule has 3 nitrogen and oxygen atoms in total. The van der Waals surface area contributed by atoms with Gasteiger partial charge in [-0.2, -0.15) is 0 Å². The number of carbonyl (C=O) groups is 1. The van der Waals surface area contributed by atoms with Gasteiger partial charge in [0, 0.05) is 10.7 Å². The van der Waals surface area contributed by atoms with Gasteiger partial charge in [-0.05, 0) is 37.3 Å². The molecule has 0 aromatic heterocycles. The maximum Gasteiger partial charge on any atom is 0.259 e. The number of hydrogen-bond acceptors (Lipinski definition) is 2. The van der Waals surface area contributed by atoms with E-state index in [1.54, 1.807) is 43.5 Å². The van der Waals surface area contributed by atoms with Crippen LogP contribution in [0.5, 0.6) is 5.75 Å². The standard InChI is InChI=1S/C15H14ClNO2/c1-10-6-7-14(19-2)13(8-10)15(18)17-12-5-3-4-11(16)9-12/h3-9H,1-2H3,(H,17,18). The lowest BCUT2D eigenvalue weighted by Gasteiger charge is -2.10. The zero-order valence-corrected chi connectivity index (χ0v) is 11.5. The van der Waals surface area contributed by atoms with Gasteiger partial charge in [-0.25, -0.2) is 0 Å². The molecule has 0 unspecified atom stereocenters. The summed E-state index contributed by atoms with van der Waals surface area (Å²) >= 11 is 5.88. The minimum absolute atomic E-state index is 0.220. The van der Waals surface area contributed by atoms with Crippen LogP contribution in [0.2, 0.25) is 5.02 Å². The third-order valence-electron chi connectivity index (χ3n) is 2.68. The van der Waals surface area contributed by atoms with Crippen molar-refractivity contribution in [1.29, 1.82) is 0 Å². The van der Waals surface area contributed by atoms with Crippen LogP contribution >= 0.6 is 11.6 Å². The second kappa shape index (κ2) is 5.76. The summed E-state index contributed by atoms with van der Waals surface area (Å²) in [7, 11) is 1.54. The van der Waals surface area contributed by atoms with E-state index in [-0.39, 0.29) is 5.91 Å². The molecule has 4 heteroatoms. The Bertz CT molecular complexity index is 611. The van der Waals surface area contributed by atoms with Gasteiger partial charge in [-0.1, -0.05) is 29.3 Å². The van der Waals surface area contributed by atoms with Crippen molar-refractivity contribution in [2.24, 2.45) is 0 Å². The van der Waals surface area contributed by atoms with Gasteiger partial charge in [0.1, 0.15) is 5.75 Å². The molecule has 0 aliphatic heterocycles. The Morgan fingerprint density at radius 3 is 2.68 bits per heavy atom. The van der Waals surface area contributed by atoms with E-state index < -0.39 is 0 Å². The summed E-state index contributed by atoms with van der Waals surface area (Å²) in [6.45, 7) is 1.93. The predicted molar refractivity (Wildman–Crippen MR) is 77.1 cm³/mol. The van der Waals surface area contributed by atoms with Crippen LogP contribution in [-0.2, 0) is 0 Å². The fourth-order valence-electron chi connectivity index (χ4n) is 1.76. The Balaban J connectivity index is 2.27. The van der Waals surface area contributed by atoms with E-state index in [0.29, 0.717) is 22.0 Å². The van der Waals surface area contributed by atoms with Crippen LogP contribution in [0, 0.1) is 6.92 Å². The molecule has 2 rings (SSSR count). The smallest absolute Gasteiger partial charge is 0.259 e. The lowest BCUT2D eigenvalue weighted by Crippen LogP contribution is -2.13. The lowest BCUT2D eigenvalue weighted by molar-refractivity contribution is 0.102. The fraction of sp³-hybridized carbons (Fsp3) is 0.133. The summed E-state index contributed by atoms with van der Waals surface area (Å²) in [6.07, 6.45) is 0. The summed E-state index contributed by atoms with van der Waals surface area (Å²) in [4.78, 5) is 12.2. The van der Waals surface area contributed by atoms with Crippen LogP contribution < -0.4 is 10.1 Å². The number of ether oxygens (including phenoxy) is 1. The second-order valence-electron chi connectivity index (χ2n) is 4.17. The summed E-state index contributed by atoms with van der Waals surface area (Å²) in [6, 6.07) is 12.5. The van der Waals surface area contributed by atoms with E-state index in [1.807, 2.05) is 13.0 Å². The van der Waals surface area contributed by atoms with Crippen LogP contribution in [0.3, 0.4) is 0 Å². The topological polar surface area (TPSA) is 38.3 Å². The van der Waals surface area contributed by atoms with Gasteiger partial charge < -0.3 is 10.1 Å². The Hall–Kier alpha value is -2.00. The number of halogens is 1. The van der Waals surface area contributed by atoms with Crippen molar-refractivity contribution in [3.63, 3.8) is 0 Å². The molecule has 0 radical (unpaired) electrons. The van der Waals surface area contributed by atoms with Crippen molar-refractivity contribution in [2.75, 3.05) is 12.4 Å². The van der Waals surface area contributed by atoms with Crippen LogP contribution in [0.1, 0.15) is 15.9 Å². The molecule has 1 N–H and O–H groups in total. The summed E-state index contributed by atoms with van der Waals surface area (Å²) < 4.78 is 5.20. The fourth-order valence-corrected chi connectivity index (χ4v) is 1.95. The Labute approximate surface area is 117 Å². The second-order valence-corrected chi connectivity index (χ2v) is 4.60. The molecule has 0 heterocycles. The van der Waals surface area contributed by atoms with Gasteiger partial charge in [0.05, 0.1) is 12.7 Å². The maximum absolute atomic E-state index is 12.2.